The lowest BCUT2D eigenvalue weighted by molar-refractivity contribution is -0.0505. The highest BCUT2D eigenvalue weighted by Gasteiger charge is 2.12. The van der Waals surface area contributed by atoms with Crippen LogP contribution in [0.15, 0.2) is 34.8 Å². The van der Waals surface area contributed by atoms with Gasteiger partial charge in [0.2, 0.25) is 0 Å². The number of nitrogens with one attached hydrogen (secondary N) is 1. The second-order valence-corrected chi connectivity index (χ2v) is 5.83. The third kappa shape index (κ3) is 4.87. The molecule has 2 rings (SSSR count). The van der Waals surface area contributed by atoms with Crippen molar-refractivity contribution in [2.24, 2.45) is 5.92 Å². The van der Waals surface area contributed by atoms with Crippen molar-refractivity contribution < 1.29 is 13.5 Å². The summed E-state index contributed by atoms with van der Waals surface area (Å²) in [6.07, 6.45) is 7.82. The van der Waals surface area contributed by atoms with Crippen molar-refractivity contribution in [3.05, 3.63) is 40.4 Å². The summed E-state index contributed by atoms with van der Waals surface area (Å²) in [5, 5.41) is 3.33. The van der Waals surface area contributed by atoms with E-state index in [1.807, 2.05) is 6.07 Å². The fourth-order valence-electron chi connectivity index (χ4n) is 2.35. The molecule has 2 nitrogen and oxygen atoms in total. The summed E-state index contributed by atoms with van der Waals surface area (Å²) in [6.45, 7) is -1.37. The lowest BCUT2D eigenvalue weighted by atomic mass is 9.94. The molecule has 0 spiro atoms. The second kappa shape index (κ2) is 7.74. The van der Waals surface area contributed by atoms with Gasteiger partial charge in [-0.3, -0.25) is 0 Å². The van der Waals surface area contributed by atoms with E-state index < -0.39 is 6.61 Å². The highest BCUT2D eigenvalue weighted by atomic mass is 79.9. The molecule has 1 unspecified atom stereocenters. The quantitative estimate of drug-likeness (QED) is 0.766. The number of alkyl halides is 2. The van der Waals surface area contributed by atoms with Crippen molar-refractivity contribution in [1.82, 2.24) is 5.32 Å². The van der Waals surface area contributed by atoms with Gasteiger partial charge in [-0.05, 0) is 49.9 Å². The number of allylic oxidation sites excluding steroid dienone is 2. The van der Waals surface area contributed by atoms with Crippen LogP contribution >= 0.6 is 15.9 Å². The summed E-state index contributed by atoms with van der Waals surface area (Å²) in [5.74, 6) is 0.867. The van der Waals surface area contributed by atoms with Crippen LogP contribution in [0.1, 0.15) is 24.8 Å². The minimum atomic E-state index is -2.79. The van der Waals surface area contributed by atoms with Gasteiger partial charge in [-0.25, -0.2) is 0 Å². The van der Waals surface area contributed by atoms with Gasteiger partial charge in [-0.1, -0.05) is 28.1 Å². The number of halogens is 3. The van der Waals surface area contributed by atoms with Crippen molar-refractivity contribution in [1.29, 1.82) is 0 Å². The minimum Gasteiger partial charge on any atom is -0.434 e. The van der Waals surface area contributed by atoms with E-state index in [0.717, 1.165) is 29.4 Å². The smallest absolute Gasteiger partial charge is 0.387 e. The molecule has 0 amide bonds. The highest BCUT2D eigenvalue weighted by Crippen LogP contribution is 2.25. The minimum absolute atomic E-state index is 0.235. The Bertz CT molecular complexity index is 465. The van der Waals surface area contributed by atoms with Crippen molar-refractivity contribution in [2.75, 3.05) is 6.54 Å². The van der Waals surface area contributed by atoms with Crippen molar-refractivity contribution in [3.63, 3.8) is 0 Å². The van der Waals surface area contributed by atoms with Crippen LogP contribution < -0.4 is 10.1 Å². The van der Waals surface area contributed by atoms with Gasteiger partial charge in [-0.2, -0.15) is 8.78 Å². The molecule has 0 heterocycles. The monoisotopic (exact) mass is 345 g/mol. The molecule has 1 aromatic carbocycles. The molecule has 5 heteroatoms. The summed E-state index contributed by atoms with van der Waals surface area (Å²) in [5.41, 5.74) is 0.742. The molecule has 0 bridgehead atoms. The molecule has 1 aliphatic carbocycles. The zero-order valence-electron chi connectivity index (χ0n) is 11.1. The van der Waals surface area contributed by atoms with E-state index in [1.54, 1.807) is 12.1 Å². The fraction of sp³-hybridized carbons (Fsp3) is 0.467. The molecule has 0 saturated heterocycles. The Morgan fingerprint density at radius 1 is 1.35 bits per heavy atom. The lowest BCUT2D eigenvalue weighted by Gasteiger charge is -2.19. The van der Waals surface area contributed by atoms with E-state index in [1.165, 1.54) is 6.42 Å². The van der Waals surface area contributed by atoms with E-state index in [4.69, 9.17) is 0 Å². The van der Waals surface area contributed by atoms with Gasteiger partial charge in [0.25, 0.3) is 0 Å². The molecule has 0 saturated carbocycles. The summed E-state index contributed by atoms with van der Waals surface area (Å²) in [4.78, 5) is 0. The molecular formula is C15H18BrF2NO. The Hall–Kier alpha value is -0.940. The number of hydrogen-bond acceptors (Lipinski definition) is 2. The zero-order valence-corrected chi connectivity index (χ0v) is 12.7. The van der Waals surface area contributed by atoms with E-state index >= 15 is 0 Å². The van der Waals surface area contributed by atoms with E-state index in [-0.39, 0.29) is 5.75 Å². The largest absolute Gasteiger partial charge is 0.434 e. The van der Waals surface area contributed by atoms with Gasteiger partial charge in [0.1, 0.15) is 5.75 Å². The first kappa shape index (κ1) is 15.4. The van der Waals surface area contributed by atoms with Crippen LogP contribution in [-0.4, -0.2) is 13.2 Å². The Morgan fingerprint density at radius 2 is 2.20 bits per heavy atom. The lowest BCUT2D eigenvalue weighted by Crippen LogP contribution is -2.23. The Balaban J connectivity index is 1.90. The topological polar surface area (TPSA) is 21.3 Å². The third-order valence-electron chi connectivity index (χ3n) is 3.36. The predicted molar refractivity (Wildman–Crippen MR) is 79.0 cm³/mol. The molecule has 1 aliphatic rings. The fourth-order valence-corrected chi connectivity index (χ4v) is 2.76. The zero-order chi connectivity index (χ0) is 14.4. The summed E-state index contributed by atoms with van der Waals surface area (Å²) >= 11 is 3.35. The molecule has 0 aliphatic heterocycles. The van der Waals surface area contributed by atoms with Crippen LogP contribution in [0.5, 0.6) is 5.75 Å². The molecule has 0 fully saturated rings. The van der Waals surface area contributed by atoms with E-state index in [9.17, 15) is 8.78 Å². The van der Waals surface area contributed by atoms with Gasteiger partial charge in [-0.15, -0.1) is 0 Å². The second-order valence-electron chi connectivity index (χ2n) is 4.91. The van der Waals surface area contributed by atoms with E-state index in [2.05, 4.69) is 38.1 Å². The maximum absolute atomic E-state index is 12.4. The van der Waals surface area contributed by atoms with Crippen molar-refractivity contribution >= 4 is 15.9 Å². The van der Waals surface area contributed by atoms with Crippen molar-refractivity contribution in [2.45, 2.75) is 32.4 Å². The van der Waals surface area contributed by atoms with E-state index in [0.29, 0.717) is 12.5 Å². The number of ether oxygens (including phenoxy) is 1. The standard InChI is InChI=1S/C15H18BrF2NO/c16-13-6-7-14(20-15(17)18)12(8-13)10-19-9-11-4-2-1-3-5-11/h1-2,6-8,11,15,19H,3-5,9-10H2. The van der Waals surface area contributed by atoms with Gasteiger partial charge in [0.05, 0.1) is 0 Å². The number of hydrogen-bond donors (Lipinski definition) is 1. The van der Waals surface area contributed by atoms with Gasteiger partial charge in [0, 0.05) is 16.6 Å². The van der Waals surface area contributed by atoms with Crippen LogP contribution in [0.2, 0.25) is 0 Å². The first-order valence-electron chi connectivity index (χ1n) is 6.74. The third-order valence-corrected chi connectivity index (χ3v) is 3.86. The number of rotatable bonds is 6. The Labute approximate surface area is 126 Å². The van der Waals surface area contributed by atoms with Crippen LogP contribution in [0.3, 0.4) is 0 Å². The van der Waals surface area contributed by atoms with Gasteiger partial charge in [0.15, 0.2) is 0 Å². The molecule has 0 radical (unpaired) electrons. The average Bonchev–Trinajstić information content (AvgIpc) is 2.42. The van der Waals surface area contributed by atoms with Crippen LogP contribution in [-0.2, 0) is 6.54 Å². The SMILES string of the molecule is FC(F)Oc1ccc(Br)cc1CNCC1CC=CCC1. The summed E-state index contributed by atoms with van der Waals surface area (Å²) in [7, 11) is 0. The first-order chi connectivity index (χ1) is 9.65. The van der Waals surface area contributed by atoms with Gasteiger partial charge < -0.3 is 10.1 Å². The molecule has 1 aromatic rings. The number of benzene rings is 1. The summed E-state index contributed by atoms with van der Waals surface area (Å²) in [6, 6.07) is 5.08. The van der Waals surface area contributed by atoms with Crippen molar-refractivity contribution in [3.8, 4) is 5.75 Å². The Morgan fingerprint density at radius 3 is 2.90 bits per heavy atom. The average molecular weight is 346 g/mol. The molecule has 1 N–H and O–H groups in total. The molecule has 110 valence electrons. The molecule has 20 heavy (non-hydrogen) atoms. The normalized spacial score (nSPS) is 18.5. The maximum Gasteiger partial charge on any atom is 0.387 e. The maximum atomic E-state index is 12.4. The Kier molecular flexibility index (Phi) is 5.98. The molecule has 0 aromatic heterocycles. The van der Waals surface area contributed by atoms with Crippen LogP contribution in [0, 0.1) is 5.92 Å². The molecular weight excluding hydrogens is 328 g/mol. The van der Waals surface area contributed by atoms with Crippen LogP contribution in [0.4, 0.5) is 8.78 Å². The predicted octanol–water partition coefficient (Wildman–Crippen LogP) is 4.50. The first-order valence-corrected chi connectivity index (χ1v) is 7.53. The summed E-state index contributed by atoms with van der Waals surface area (Å²) < 4.78 is 30.1. The highest BCUT2D eigenvalue weighted by molar-refractivity contribution is 9.10. The van der Waals surface area contributed by atoms with Crippen LogP contribution in [0.25, 0.3) is 0 Å². The van der Waals surface area contributed by atoms with Gasteiger partial charge >= 0.3 is 6.61 Å². The molecule has 1 atom stereocenters.